The van der Waals surface area contributed by atoms with Gasteiger partial charge in [0.05, 0.1) is 5.52 Å². The van der Waals surface area contributed by atoms with E-state index in [-0.39, 0.29) is 5.91 Å². The smallest absolute Gasteiger partial charge is 0.253 e. The van der Waals surface area contributed by atoms with Crippen LogP contribution in [-0.2, 0) is 20.1 Å². The van der Waals surface area contributed by atoms with Crippen LogP contribution in [0.3, 0.4) is 0 Å². The average molecular weight is 365 g/mol. The van der Waals surface area contributed by atoms with Crippen molar-refractivity contribution in [2.45, 2.75) is 33.8 Å². The minimum atomic E-state index is -0.0502. The van der Waals surface area contributed by atoms with Crippen molar-refractivity contribution in [3.63, 3.8) is 0 Å². The summed E-state index contributed by atoms with van der Waals surface area (Å²) in [6.45, 7) is 6.66. The second-order valence-corrected chi connectivity index (χ2v) is 7.11. The number of aromatic nitrogens is 2. The molecule has 1 aromatic heterocycles. The van der Waals surface area contributed by atoms with Gasteiger partial charge in [0, 0.05) is 26.7 Å². The van der Waals surface area contributed by atoms with Gasteiger partial charge in [-0.15, -0.1) is 0 Å². The normalized spacial score (nSPS) is 11.0. The highest BCUT2D eigenvalue weighted by Crippen LogP contribution is 2.29. The maximum Gasteiger partial charge on any atom is 0.253 e. The number of hydrogen-bond acceptors (Lipinski definition) is 3. The number of hydrogen-bond donors (Lipinski definition) is 0. The highest BCUT2D eigenvalue weighted by atomic mass is 16.5. The van der Waals surface area contributed by atoms with Crippen LogP contribution in [0.15, 0.2) is 30.3 Å². The van der Waals surface area contributed by atoms with E-state index in [0.717, 1.165) is 23.3 Å². The van der Waals surface area contributed by atoms with E-state index in [4.69, 9.17) is 4.74 Å². The van der Waals surface area contributed by atoms with Crippen LogP contribution in [0.1, 0.15) is 39.8 Å². The molecule has 0 aliphatic rings. The molecule has 142 valence electrons. The van der Waals surface area contributed by atoms with Crippen LogP contribution in [0, 0.1) is 13.8 Å². The van der Waals surface area contributed by atoms with Crippen LogP contribution in [0.4, 0.5) is 0 Å². The molecule has 0 bridgehead atoms. The third-order valence-electron chi connectivity index (χ3n) is 5.09. The summed E-state index contributed by atoms with van der Waals surface area (Å²) < 4.78 is 8.21. The van der Waals surface area contributed by atoms with E-state index < -0.39 is 0 Å². The standard InChI is InChI=1S/C22H27N3O2/c1-7-16-10-8-9-14(2)18(16)13-27-20-12-17(22(26)24(4)5)11-19-21(20)23-15(3)25(19)6/h8-12H,7,13H2,1-6H3. The number of benzene rings is 2. The number of fused-ring (bicyclic) bond motifs is 1. The zero-order valence-electron chi connectivity index (χ0n) is 17.0. The molecule has 1 heterocycles. The van der Waals surface area contributed by atoms with Gasteiger partial charge in [0.25, 0.3) is 5.91 Å². The molecular formula is C22H27N3O2. The molecule has 1 amide bonds. The van der Waals surface area contributed by atoms with Crippen molar-refractivity contribution in [3.05, 3.63) is 58.4 Å². The molecule has 0 aliphatic heterocycles. The van der Waals surface area contributed by atoms with Crippen molar-refractivity contribution in [2.24, 2.45) is 7.05 Å². The van der Waals surface area contributed by atoms with Gasteiger partial charge in [0.1, 0.15) is 23.7 Å². The molecule has 0 spiro atoms. The Hall–Kier alpha value is -2.82. The summed E-state index contributed by atoms with van der Waals surface area (Å²) in [5.41, 5.74) is 5.98. The van der Waals surface area contributed by atoms with Gasteiger partial charge in [0.2, 0.25) is 0 Å². The first-order valence-corrected chi connectivity index (χ1v) is 9.22. The molecule has 5 nitrogen and oxygen atoms in total. The van der Waals surface area contributed by atoms with Gasteiger partial charge in [-0.25, -0.2) is 4.98 Å². The van der Waals surface area contributed by atoms with Crippen molar-refractivity contribution in [2.75, 3.05) is 14.1 Å². The molecule has 0 saturated heterocycles. The van der Waals surface area contributed by atoms with E-state index in [9.17, 15) is 4.79 Å². The van der Waals surface area contributed by atoms with Crippen LogP contribution in [-0.4, -0.2) is 34.5 Å². The Morgan fingerprint density at radius 2 is 1.96 bits per heavy atom. The monoisotopic (exact) mass is 365 g/mol. The molecule has 0 N–H and O–H groups in total. The Kier molecular flexibility index (Phi) is 5.22. The molecule has 3 rings (SSSR count). The number of nitrogens with zero attached hydrogens (tertiary/aromatic N) is 3. The zero-order chi connectivity index (χ0) is 19.7. The molecule has 2 aromatic carbocycles. The molecule has 0 saturated carbocycles. The van der Waals surface area contributed by atoms with Crippen LogP contribution in [0.5, 0.6) is 5.75 Å². The summed E-state index contributed by atoms with van der Waals surface area (Å²) in [4.78, 5) is 18.8. The Bertz CT molecular complexity index is 1000. The summed E-state index contributed by atoms with van der Waals surface area (Å²) >= 11 is 0. The SMILES string of the molecule is CCc1cccc(C)c1COc1cc(C(=O)N(C)C)cc2c1nc(C)n2C. The number of carbonyl (C=O) groups excluding carboxylic acids is 1. The fourth-order valence-corrected chi connectivity index (χ4v) is 3.31. The van der Waals surface area contributed by atoms with Gasteiger partial charge in [-0.05, 0) is 49.1 Å². The van der Waals surface area contributed by atoms with E-state index in [2.05, 4.69) is 37.0 Å². The highest BCUT2D eigenvalue weighted by molar-refractivity contribution is 5.99. The Balaban J connectivity index is 2.05. The van der Waals surface area contributed by atoms with Gasteiger partial charge in [0.15, 0.2) is 0 Å². The van der Waals surface area contributed by atoms with Gasteiger partial charge < -0.3 is 14.2 Å². The Morgan fingerprint density at radius 1 is 1.22 bits per heavy atom. The summed E-state index contributed by atoms with van der Waals surface area (Å²) in [6.07, 6.45) is 0.956. The molecule has 3 aromatic rings. The lowest BCUT2D eigenvalue weighted by Gasteiger charge is -2.15. The predicted octanol–water partition coefficient (Wildman–Crippen LogP) is 4.03. The third kappa shape index (κ3) is 3.54. The maximum absolute atomic E-state index is 12.5. The zero-order valence-corrected chi connectivity index (χ0v) is 17.0. The van der Waals surface area contributed by atoms with Crippen molar-refractivity contribution >= 4 is 16.9 Å². The van der Waals surface area contributed by atoms with E-state index in [1.165, 1.54) is 16.7 Å². The van der Waals surface area contributed by atoms with E-state index >= 15 is 0 Å². The van der Waals surface area contributed by atoms with Crippen LogP contribution >= 0.6 is 0 Å². The van der Waals surface area contributed by atoms with Crippen LogP contribution in [0.2, 0.25) is 0 Å². The predicted molar refractivity (Wildman–Crippen MR) is 108 cm³/mol. The minimum Gasteiger partial charge on any atom is -0.487 e. The third-order valence-corrected chi connectivity index (χ3v) is 5.09. The average Bonchev–Trinajstić information content (AvgIpc) is 2.94. The molecule has 0 atom stereocenters. The molecule has 0 unspecified atom stereocenters. The fourth-order valence-electron chi connectivity index (χ4n) is 3.31. The summed E-state index contributed by atoms with van der Waals surface area (Å²) in [6, 6.07) is 10.0. The maximum atomic E-state index is 12.5. The van der Waals surface area contributed by atoms with Gasteiger partial charge in [-0.1, -0.05) is 25.1 Å². The largest absolute Gasteiger partial charge is 0.487 e. The Morgan fingerprint density at radius 3 is 2.63 bits per heavy atom. The van der Waals surface area contributed by atoms with Crippen LogP contribution < -0.4 is 4.74 Å². The molecule has 27 heavy (non-hydrogen) atoms. The molecule has 0 aliphatic carbocycles. The first kappa shape index (κ1) is 19.0. The molecule has 5 heteroatoms. The number of aryl methyl sites for hydroxylation is 4. The minimum absolute atomic E-state index is 0.0502. The number of rotatable bonds is 5. The number of imidazole rings is 1. The quantitative estimate of drug-likeness (QED) is 0.686. The lowest BCUT2D eigenvalue weighted by molar-refractivity contribution is 0.0827. The fraction of sp³-hybridized carbons (Fsp3) is 0.364. The summed E-state index contributed by atoms with van der Waals surface area (Å²) in [7, 11) is 5.46. The van der Waals surface area contributed by atoms with E-state index in [0.29, 0.717) is 17.9 Å². The van der Waals surface area contributed by atoms with Crippen LogP contribution in [0.25, 0.3) is 11.0 Å². The summed E-state index contributed by atoms with van der Waals surface area (Å²) in [5, 5.41) is 0. The summed E-state index contributed by atoms with van der Waals surface area (Å²) in [5.74, 6) is 1.48. The van der Waals surface area contributed by atoms with Crippen molar-refractivity contribution in [1.82, 2.24) is 14.5 Å². The second kappa shape index (κ2) is 7.43. The Labute approximate surface area is 160 Å². The molecule has 0 fully saturated rings. The topological polar surface area (TPSA) is 47.4 Å². The van der Waals surface area contributed by atoms with E-state index in [1.807, 2.05) is 24.6 Å². The van der Waals surface area contributed by atoms with Gasteiger partial charge in [-0.3, -0.25) is 4.79 Å². The molecular weight excluding hydrogens is 338 g/mol. The van der Waals surface area contributed by atoms with Crippen molar-refractivity contribution in [1.29, 1.82) is 0 Å². The highest BCUT2D eigenvalue weighted by Gasteiger charge is 2.17. The lowest BCUT2D eigenvalue weighted by Crippen LogP contribution is -2.21. The first-order valence-electron chi connectivity index (χ1n) is 9.22. The lowest BCUT2D eigenvalue weighted by atomic mass is 10.0. The van der Waals surface area contributed by atoms with Gasteiger partial charge >= 0.3 is 0 Å². The first-order chi connectivity index (χ1) is 12.8. The van der Waals surface area contributed by atoms with Gasteiger partial charge in [-0.2, -0.15) is 0 Å². The van der Waals surface area contributed by atoms with Crippen molar-refractivity contribution in [3.8, 4) is 5.75 Å². The van der Waals surface area contributed by atoms with E-state index in [1.54, 1.807) is 25.1 Å². The second-order valence-electron chi connectivity index (χ2n) is 7.11. The number of carbonyl (C=O) groups is 1. The number of ether oxygens (including phenoxy) is 1. The van der Waals surface area contributed by atoms with Crippen molar-refractivity contribution < 1.29 is 9.53 Å². The molecule has 0 radical (unpaired) electrons. The number of amides is 1.